The molecule has 0 aliphatic rings. The van der Waals surface area contributed by atoms with Crippen LogP contribution in [0.4, 0.5) is 5.69 Å². The molecule has 4 aromatic rings. The summed E-state index contributed by atoms with van der Waals surface area (Å²) < 4.78 is 12.0. The second kappa shape index (κ2) is 9.36. The fraction of sp³-hybridized carbons (Fsp3) is 0.185. The van der Waals surface area contributed by atoms with Crippen LogP contribution in [0.2, 0.25) is 0 Å². The van der Waals surface area contributed by atoms with Crippen molar-refractivity contribution in [1.82, 2.24) is 0 Å². The van der Waals surface area contributed by atoms with Crippen LogP contribution in [0.15, 0.2) is 84.9 Å². The quantitative estimate of drug-likeness (QED) is 0.357. The maximum Gasteiger partial charge on any atom is 0.161 e. The number of benzene rings is 4. The van der Waals surface area contributed by atoms with E-state index >= 15 is 0 Å². The highest BCUT2D eigenvalue weighted by Crippen LogP contribution is 2.30. The van der Waals surface area contributed by atoms with Crippen LogP contribution in [0.3, 0.4) is 0 Å². The van der Waals surface area contributed by atoms with E-state index in [0.29, 0.717) is 13.2 Å². The van der Waals surface area contributed by atoms with Crippen molar-refractivity contribution in [3.05, 3.63) is 102 Å². The lowest BCUT2D eigenvalue weighted by Gasteiger charge is -2.15. The van der Waals surface area contributed by atoms with Gasteiger partial charge in [-0.1, -0.05) is 60.7 Å². The fourth-order valence-corrected chi connectivity index (χ4v) is 3.58. The molecule has 0 fully saturated rings. The van der Waals surface area contributed by atoms with Gasteiger partial charge in [0.1, 0.15) is 6.61 Å². The molecule has 3 heteroatoms. The predicted molar refractivity (Wildman–Crippen MR) is 124 cm³/mol. The standard InChI is InChI=1S/C27H27NO2/c1-3-29-27-17-21(18-28-24-12-6-8-20(2)16-24)14-15-26(27)30-19-23-11-7-10-22-9-4-5-13-25(22)23/h4-17,28H,3,18-19H2,1-2H3. The summed E-state index contributed by atoms with van der Waals surface area (Å²) in [5, 5.41) is 5.91. The van der Waals surface area contributed by atoms with Crippen molar-refractivity contribution >= 4 is 16.5 Å². The smallest absolute Gasteiger partial charge is 0.161 e. The van der Waals surface area contributed by atoms with Crippen LogP contribution in [0.5, 0.6) is 11.5 Å². The first kappa shape index (κ1) is 19.8. The maximum atomic E-state index is 6.17. The number of aryl methyl sites for hydroxylation is 1. The van der Waals surface area contributed by atoms with Crippen molar-refractivity contribution in [2.75, 3.05) is 11.9 Å². The number of rotatable bonds is 8. The molecule has 4 rings (SSSR count). The van der Waals surface area contributed by atoms with Crippen LogP contribution in [-0.2, 0) is 13.2 Å². The van der Waals surface area contributed by atoms with Crippen LogP contribution < -0.4 is 14.8 Å². The zero-order valence-electron chi connectivity index (χ0n) is 17.5. The molecule has 3 nitrogen and oxygen atoms in total. The Balaban J connectivity index is 1.48. The average Bonchev–Trinajstić information content (AvgIpc) is 2.77. The van der Waals surface area contributed by atoms with Crippen molar-refractivity contribution < 1.29 is 9.47 Å². The third-order valence-corrected chi connectivity index (χ3v) is 5.09. The lowest BCUT2D eigenvalue weighted by atomic mass is 10.1. The van der Waals surface area contributed by atoms with E-state index in [4.69, 9.17) is 9.47 Å². The average molecular weight is 398 g/mol. The first-order valence-electron chi connectivity index (χ1n) is 10.4. The van der Waals surface area contributed by atoms with Crippen LogP contribution in [0.25, 0.3) is 10.8 Å². The molecule has 0 aromatic heterocycles. The molecule has 0 amide bonds. The van der Waals surface area contributed by atoms with E-state index in [1.165, 1.54) is 21.9 Å². The molecule has 0 saturated heterocycles. The Hall–Kier alpha value is -3.46. The summed E-state index contributed by atoms with van der Waals surface area (Å²) in [6.07, 6.45) is 0. The van der Waals surface area contributed by atoms with Crippen molar-refractivity contribution in [3.63, 3.8) is 0 Å². The number of anilines is 1. The summed E-state index contributed by atoms with van der Waals surface area (Å²) in [6.45, 7) is 5.92. The summed E-state index contributed by atoms with van der Waals surface area (Å²) >= 11 is 0. The molecule has 0 radical (unpaired) electrons. The number of nitrogens with one attached hydrogen (secondary N) is 1. The van der Waals surface area contributed by atoms with Gasteiger partial charge in [-0.3, -0.25) is 0 Å². The van der Waals surface area contributed by atoms with Crippen LogP contribution in [-0.4, -0.2) is 6.61 Å². The van der Waals surface area contributed by atoms with E-state index in [1.807, 2.05) is 13.0 Å². The molecule has 4 aromatic carbocycles. The third kappa shape index (κ3) is 4.74. The van der Waals surface area contributed by atoms with E-state index in [0.717, 1.165) is 29.3 Å². The molecule has 0 bridgehead atoms. The molecule has 0 saturated carbocycles. The second-order valence-electron chi connectivity index (χ2n) is 7.36. The first-order chi connectivity index (χ1) is 14.7. The van der Waals surface area contributed by atoms with Gasteiger partial charge in [0, 0.05) is 12.2 Å². The molecule has 0 spiro atoms. The number of fused-ring (bicyclic) bond motifs is 1. The van der Waals surface area contributed by atoms with Crippen molar-refractivity contribution in [2.45, 2.75) is 27.0 Å². The minimum Gasteiger partial charge on any atom is -0.490 e. The Labute approximate surface area is 178 Å². The number of hydrogen-bond donors (Lipinski definition) is 1. The molecule has 152 valence electrons. The van der Waals surface area contributed by atoms with Gasteiger partial charge in [0.25, 0.3) is 0 Å². The number of hydrogen-bond acceptors (Lipinski definition) is 3. The number of ether oxygens (including phenoxy) is 2. The van der Waals surface area contributed by atoms with Gasteiger partial charge < -0.3 is 14.8 Å². The van der Waals surface area contributed by atoms with Gasteiger partial charge in [0.2, 0.25) is 0 Å². The van der Waals surface area contributed by atoms with E-state index in [-0.39, 0.29) is 0 Å². The molecule has 0 unspecified atom stereocenters. The molecule has 30 heavy (non-hydrogen) atoms. The summed E-state index contributed by atoms with van der Waals surface area (Å²) in [5.41, 5.74) is 4.68. The van der Waals surface area contributed by atoms with Gasteiger partial charge in [-0.15, -0.1) is 0 Å². The summed E-state index contributed by atoms with van der Waals surface area (Å²) in [5.74, 6) is 1.55. The summed E-state index contributed by atoms with van der Waals surface area (Å²) in [4.78, 5) is 0. The Morgan fingerprint density at radius 2 is 1.60 bits per heavy atom. The topological polar surface area (TPSA) is 30.5 Å². The van der Waals surface area contributed by atoms with Crippen molar-refractivity contribution in [2.24, 2.45) is 0 Å². The van der Waals surface area contributed by atoms with Gasteiger partial charge in [0.15, 0.2) is 11.5 Å². The monoisotopic (exact) mass is 397 g/mol. The van der Waals surface area contributed by atoms with Crippen LogP contribution in [0.1, 0.15) is 23.6 Å². The summed E-state index contributed by atoms with van der Waals surface area (Å²) in [6, 6.07) is 29.2. The molecule has 0 aliphatic carbocycles. The SMILES string of the molecule is CCOc1cc(CNc2cccc(C)c2)ccc1OCc1cccc2ccccc12. The van der Waals surface area contributed by atoms with E-state index in [1.54, 1.807) is 0 Å². The highest BCUT2D eigenvalue weighted by molar-refractivity contribution is 5.85. The highest BCUT2D eigenvalue weighted by atomic mass is 16.5. The van der Waals surface area contributed by atoms with Gasteiger partial charge >= 0.3 is 0 Å². The Bertz CT molecular complexity index is 1130. The second-order valence-corrected chi connectivity index (χ2v) is 7.36. The van der Waals surface area contributed by atoms with Gasteiger partial charge in [0.05, 0.1) is 6.61 Å². The molecular formula is C27H27NO2. The van der Waals surface area contributed by atoms with Gasteiger partial charge in [-0.25, -0.2) is 0 Å². The van der Waals surface area contributed by atoms with Crippen molar-refractivity contribution in [3.8, 4) is 11.5 Å². The summed E-state index contributed by atoms with van der Waals surface area (Å²) in [7, 11) is 0. The minimum atomic E-state index is 0.502. The van der Waals surface area contributed by atoms with Gasteiger partial charge in [-0.2, -0.15) is 0 Å². The Kier molecular flexibility index (Phi) is 6.19. The normalized spacial score (nSPS) is 10.7. The molecule has 0 atom stereocenters. The Morgan fingerprint density at radius 3 is 2.47 bits per heavy atom. The molecule has 0 heterocycles. The van der Waals surface area contributed by atoms with E-state index in [2.05, 4.69) is 91.1 Å². The Morgan fingerprint density at radius 1 is 0.767 bits per heavy atom. The highest BCUT2D eigenvalue weighted by Gasteiger charge is 2.09. The zero-order valence-corrected chi connectivity index (χ0v) is 17.5. The van der Waals surface area contributed by atoms with Crippen molar-refractivity contribution in [1.29, 1.82) is 0 Å². The maximum absolute atomic E-state index is 6.17. The zero-order chi connectivity index (χ0) is 20.8. The fourth-order valence-electron chi connectivity index (χ4n) is 3.58. The predicted octanol–water partition coefficient (Wildman–Crippen LogP) is 6.74. The third-order valence-electron chi connectivity index (χ3n) is 5.09. The minimum absolute atomic E-state index is 0.502. The lowest BCUT2D eigenvalue weighted by molar-refractivity contribution is 0.270. The molecular weight excluding hydrogens is 370 g/mol. The molecule has 0 aliphatic heterocycles. The van der Waals surface area contributed by atoms with Gasteiger partial charge in [-0.05, 0) is 65.6 Å². The largest absolute Gasteiger partial charge is 0.490 e. The van der Waals surface area contributed by atoms with Crippen LogP contribution >= 0.6 is 0 Å². The van der Waals surface area contributed by atoms with Crippen LogP contribution in [0, 0.1) is 6.92 Å². The first-order valence-corrected chi connectivity index (χ1v) is 10.4. The van der Waals surface area contributed by atoms with E-state index in [9.17, 15) is 0 Å². The van der Waals surface area contributed by atoms with E-state index < -0.39 is 0 Å². The molecule has 1 N–H and O–H groups in total. The lowest BCUT2D eigenvalue weighted by Crippen LogP contribution is -2.03.